The molecule has 0 aliphatic rings. The summed E-state index contributed by atoms with van der Waals surface area (Å²) in [5.41, 5.74) is 1.91. The van der Waals surface area contributed by atoms with Gasteiger partial charge in [-0.1, -0.05) is 18.2 Å². The minimum atomic E-state index is -0.947. The van der Waals surface area contributed by atoms with Crippen LogP contribution in [0.2, 0.25) is 0 Å². The normalized spacial score (nSPS) is 13.1. The fraction of sp³-hybridized carbons (Fsp3) is 0.214. The van der Waals surface area contributed by atoms with Gasteiger partial charge in [0.2, 0.25) is 0 Å². The van der Waals surface area contributed by atoms with Crippen LogP contribution in [0, 0.1) is 0 Å². The molecule has 1 atom stereocenters. The van der Waals surface area contributed by atoms with Crippen LogP contribution in [0.1, 0.15) is 5.56 Å². The van der Waals surface area contributed by atoms with Crippen LogP contribution in [0.4, 0.5) is 4.39 Å². The highest BCUT2D eigenvalue weighted by Gasteiger charge is 2.18. The van der Waals surface area contributed by atoms with Crippen molar-refractivity contribution in [1.82, 2.24) is 10.3 Å². The lowest BCUT2D eigenvalue weighted by molar-refractivity contribution is -0.139. The monoisotopic (exact) mass is 262 g/mol. The van der Waals surface area contributed by atoms with Gasteiger partial charge in [-0.15, -0.1) is 0 Å². The van der Waals surface area contributed by atoms with E-state index in [9.17, 15) is 9.18 Å². The maximum Gasteiger partial charge on any atom is 0.321 e. The van der Waals surface area contributed by atoms with Crippen molar-refractivity contribution in [2.45, 2.75) is 12.5 Å². The number of aromatic amines is 1. The molecule has 1 heterocycles. The van der Waals surface area contributed by atoms with E-state index >= 15 is 0 Å². The number of para-hydroxylation sites is 1. The van der Waals surface area contributed by atoms with Gasteiger partial charge in [0.15, 0.2) is 0 Å². The lowest BCUT2D eigenvalue weighted by Crippen LogP contribution is -2.38. The molecule has 100 valence electrons. The van der Waals surface area contributed by atoms with E-state index in [1.807, 2.05) is 30.5 Å². The topological polar surface area (TPSA) is 65.1 Å². The Balaban J connectivity index is 2.14. The zero-order chi connectivity index (χ0) is 13.7. The SMILES string of the molecule is O=C(O)[C@H](Cc1c[nH]c2ccccc12)NCC=CF. The quantitative estimate of drug-likeness (QED) is 0.748. The second kappa shape index (κ2) is 6.15. The Labute approximate surface area is 109 Å². The van der Waals surface area contributed by atoms with Crippen LogP contribution >= 0.6 is 0 Å². The van der Waals surface area contributed by atoms with Crippen molar-refractivity contribution >= 4 is 16.9 Å². The first-order chi connectivity index (χ1) is 9.22. The summed E-state index contributed by atoms with van der Waals surface area (Å²) in [4.78, 5) is 14.3. The molecule has 0 spiro atoms. The Morgan fingerprint density at radius 1 is 1.47 bits per heavy atom. The highest BCUT2D eigenvalue weighted by Crippen LogP contribution is 2.19. The maximum atomic E-state index is 11.9. The summed E-state index contributed by atoms with van der Waals surface area (Å²) >= 11 is 0. The number of carboxylic acid groups (broad SMARTS) is 1. The van der Waals surface area contributed by atoms with Crippen molar-refractivity contribution in [2.24, 2.45) is 0 Å². The minimum absolute atomic E-state index is 0.190. The zero-order valence-corrected chi connectivity index (χ0v) is 10.3. The van der Waals surface area contributed by atoms with Gasteiger partial charge in [0.25, 0.3) is 0 Å². The minimum Gasteiger partial charge on any atom is -0.480 e. The Kier molecular flexibility index (Phi) is 4.30. The Bertz CT molecular complexity index is 592. The number of aliphatic carboxylic acids is 1. The number of hydrogen-bond acceptors (Lipinski definition) is 2. The molecule has 0 aliphatic heterocycles. The summed E-state index contributed by atoms with van der Waals surface area (Å²) in [6.07, 6.45) is 3.80. The van der Waals surface area contributed by atoms with Gasteiger partial charge >= 0.3 is 5.97 Å². The highest BCUT2D eigenvalue weighted by atomic mass is 19.1. The summed E-state index contributed by atoms with van der Waals surface area (Å²) in [7, 11) is 0. The van der Waals surface area contributed by atoms with E-state index < -0.39 is 12.0 Å². The number of nitrogens with one attached hydrogen (secondary N) is 2. The summed E-state index contributed by atoms with van der Waals surface area (Å²) in [5.74, 6) is -0.947. The van der Waals surface area contributed by atoms with Gasteiger partial charge in [-0.2, -0.15) is 0 Å². The number of carboxylic acids is 1. The second-order valence-corrected chi connectivity index (χ2v) is 4.22. The largest absolute Gasteiger partial charge is 0.480 e. The lowest BCUT2D eigenvalue weighted by atomic mass is 10.1. The Morgan fingerprint density at radius 2 is 2.26 bits per heavy atom. The number of benzene rings is 1. The second-order valence-electron chi connectivity index (χ2n) is 4.22. The third-order valence-corrected chi connectivity index (χ3v) is 2.97. The third-order valence-electron chi connectivity index (χ3n) is 2.97. The molecule has 0 radical (unpaired) electrons. The summed E-state index contributed by atoms with van der Waals surface area (Å²) in [6, 6.07) is 6.97. The molecule has 4 nitrogen and oxygen atoms in total. The average Bonchev–Trinajstić information content (AvgIpc) is 2.81. The summed E-state index contributed by atoms with van der Waals surface area (Å²) < 4.78 is 11.9. The van der Waals surface area contributed by atoms with E-state index in [1.165, 1.54) is 6.08 Å². The fourth-order valence-electron chi connectivity index (χ4n) is 2.02. The molecule has 0 saturated carbocycles. The summed E-state index contributed by atoms with van der Waals surface area (Å²) in [6.45, 7) is 0.190. The number of hydrogen-bond donors (Lipinski definition) is 3. The van der Waals surface area contributed by atoms with Crippen molar-refractivity contribution in [2.75, 3.05) is 6.54 Å². The highest BCUT2D eigenvalue weighted by molar-refractivity contribution is 5.84. The van der Waals surface area contributed by atoms with Crippen LogP contribution in [0.15, 0.2) is 42.9 Å². The van der Waals surface area contributed by atoms with Crippen LogP contribution < -0.4 is 5.32 Å². The molecule has 19 heavy (non-hydrogen) atoms. The number of carbonyl (C=O) groups is 1. The lowest BCUT2D eigenvalue weighted by Gasteiger charge is -2.12. The van der Waals surface area contributed by atoms with Crippen LogP contribution in [-0.4, -0.2) is 28.6 Å². The molecule has 0 bridgehead atoms. The smallest absolute Gasteiger partial charge is 0.321 e. The van der Waals surface area contributed by atoms with Crippen LogP contribution in [0.25, 0.3) is 10.9 Å². The summed E-state index contributed by atoms with van der Waals surface area (Å²) in [5, 5.41) is 12.9. The predicted molar refractivity (Wildman–Crippen MR) is 71.7 cm³/mol. The molecular formula is C14H15FN2O2. The van der Waals surface area contributed by atoms with Gasteiger partial charge in [-0.25, -0.2) is 4.39 Å². The fourth-order valence-corrected chi connectivity index (χ4v) is 2.02. The molecule has 2 rings (SSSR count). The van der Waals surface area contributed by atoms with Gasteiger partial charge in [0.05, 0.1) is 6.33 Å². The van der Waals surface area contributed by atoms with Crippen molar-refractivity contribution in [3.05, 3.63) is 48.4 Å². The van der Waals surface area contributed by atoms with Gasteiger partial charge in [0.1, 0.15) is 6.04 Å². The average molecular weight is 262 g/mol. The first-order valence-corrected chi connectivity index (χ1v) is 5.98. The molecule has 0 amide bonds. The predicted octanol–water partition coefficient (Wildman–Crippen LogP) is 2.24. The van der Waals surface area contributed by atoms with E-state index in [1.54, 1.807) is 0 Å². The molecule has 0 unspecified atom stereocenters. The van der Waals surface area contributed by atoms with Crippen LogP contribution in [0.5, 0.6) is 0 Å². The van der Waals surface area contributed by atoms with E-state index in [0.717, 1.165) is 16.5 Å². The van der Waals surface area contributed by atoms with Gasteiger partial charge in [0, 0.05) is 30.1 Å². The van der Waals surface area contributed by atoms with E-state index in [-0.39, 0.29) is 6.54 Å². The molecule has 2 aromatic rings. The molecule has 0 saturated heterocycles. The van der Waals surface area contributed by atoms with Gasteiger partial charge in [-0.05, 0) is 17.7 Å². The first kappa shape index (κ1) is 13.3. The van der Waals surface area contributed by atoms with Crippen molar-refractivity contribution in [3.63, 3.8) is 0 Å². The van der Waals surface area contributed by atoms with E-state index in [2.05, 4.69) is 10.3 Å². The number of fused-ring (bicyclic) bond motifs is 1. The Hall–Kier alpha value is -2.14. The maximum absolute atomic E-state index is 11.9. The number of H-pyrrole nitrogens is 1. The molecular weight excluding hydrogens is 247 g/mol. The van der Waals surface area contributed by atoms with Gasteiger partial charge in [-0.3, -0.25) is 4.79 Å². The number of rotatable bonds is 6. The van der Waals surface area contributed by atoms with Gasteiger partial charge < -0.3 is 15.4 Å². The Morgan fingerprint density at radius 3 is 3.00 bits per heavy atom. The molecule has 1 aromatic heterocycles. The van der Waals surface area contributed by atoms with Crippen LogP contribution in [-0.2, 0) is 11.2 Å². The molecule has 5 heteroatoms. The number of aromatic nitrogens is 1. The van der Waals surface area contributed by atoms with E-state index in [0.29, 0.717) is 12.8 Å². The van der Waals surface area contributed by atoms with Crippen LogP contribution in [0.3, 0.4) is 0 Å². The first-order valence-electron chi connectivity index (χ1n) is 5.98. The molecule has 3 N–H and O–H groups in total. The molecule has 1 aromatic carbocycles. The molecule has 0 fully saturated rings. The zero-order valence-electron chi connectivity index (χ0n) is 10.3. The van der Waals surface area contributed by atoms with Crippen molar-refractivity contribution in [3.8, 4) is 0 Å². The van der Waals surface area contributed by atoms with Crippen molar-refractivity contribution in [1.29, 1.82) is 0 Å². The third kappa shape index (κ3) is 3.20. The molecule has 0 aliphatic carbocycles. The standard InChI is InChI=1S/C14H15FN2O2/c15-6-3-7-16-13(14(18)19)8-10-9-17-12-5-2-1-4-11(10)12/h1-6,9,13,16-17H,7-8H2,(H,18,19)/t13-/m0/s1. The van der Waals surface area contributed by atoms with E-state index in [4.69, 9.17) is 5.11 Å². The van der Waals surface area contributed by atoms with Crippen molar-refractivity contribution < 1.29 is 14.3 Å². The number of halogens is 1.